The first-order valence-corrected chi connectivity index (χ1v) is 11.2. The van der Waals surface area contributed by atoms with Crippen molar-refractivity contribution >= 4 is 28.7 Å². The normalized spacial score (nSPS) is 10.9. The molecule has 5 aromatic rings. The molecule has 0 fully saturated rings. The maximum atomic E-state index is 11.4. The Bertz CT molecular complexity index is 1530. The standard InChI is InChI=1S/C27H20ClN3O4/c1-16-10-11-20(13-21(16)26(32)33)35-27-29-23-14-22(28)24(30-25(23)31-27)18-8-5-9-19(12-18)34-15-17-6-3-2-4-7-17/h2-14H,15H2,1H3,(H,32,33)(H,29,30,31). The molecule has 0 amide bonds. The van der Waals surface area contributed by atoms with E-state index in [-0.39, 0.29) is 11.6 Å². The number of fused-ring (bicyclic) bond motifs is 1. The number of hydrogen-bond donors (Lipinski definition) is 2. The molecule has 5 rings (SSSR count). The first-order chi connectivity index (χ1) is 17.0. The molecule has 35 heavy (non-hydrogen) atoms. The zero-order chi connectivity index (χ0) is 24.4. The van der Waals surface area contributed by atoms with Crippen molar-refractivity contribution in [1.29, 1.82) is 0 Å². The monoisotopic (exact) mass is 485 g/mol. The predicted octanol–water partition coefficient (Wildman–Crippen LogP) is 6.66. The number of nitrogens with zero attached hydrogens (tertiary/aromatic N) is 2. The van der Waals surface area contributed by atoms with E-state index in [4.69, 9.17) is 21.1 Å². The number of carbonyl (C=O) groups is 1. The molecule has 3 aromatic carbocycles. The number of imidazole rings is 1. The predicted molar refractivity (Wildman–Crippen MR) is 133 cm³/mol. The molecule has 2 N–H and O–H groups in total. The highest BCUT2D eigenvalue weighted by molar-refractivity contribution is 6.33. The number of hydrogen-bond acceptors (Lipinski definition) is 5. The second-order valence-electron chi connectivity index (χ2n) is 7.92. The molecule has 2 aromatic heterocycles. The van der Waals surface area contributed by atoms with Crippen LogP contribution in [0.3, 0.4) is 0 Å². The van der Waals surface area contributed by atoms with Crippen molar-refractivity contribution in [3.63, 3.8) is 0 Å². The van der Waals surface area contributed by atoms with Gasteiger partial charge >= 0.3 is 12.0 Å². The molecule has 0 aliphatic heterocycles. The van der Waals surface area contributed by atoms with Crippen LogP contribution in [0.4, 0.5) is 0 Å². The van der Waals surface area contributed by atoms with Crippen LogP contribution >= 0.6 is 11.6 Å². The van der Waals surface area contributed by atoms with E-state index in [2.05, 4.69) is 15.0 Å². The van der Waals surface area contributed by atoms with Crippen molar-refractivity contribution in [1.82, 2.24) is 15.0 Å². The molecular weight excluding hydrogens is 466 g/mol. The third-order valence-electron chi connectivity index (χ3n) is 5.41. The van der Waals surface area contributed by atoms with Gasteiger partial charge in [0.2, 0.25) is 0 Å². The molecule has 0 unspecified atom stereocenters. The van der Waals surface area contributed by atoms with Crippen molar-refractivity contribution in [2.75, 3.05) is 0 Å². The summed E-state index contributed by atoms with van der Waals surface area (Å²) in [5.74, 6) is 0.0243. The minimum atomic E-state index is -1.02. The molecule has 0 aliphatic carbocycles. The van der Waals surface area contributed by atoms with E-state index in [1.807, 2.05) is 54.6 Å². The molecule has 2 heterocycles. The average molecular weight is 486 g/mol. The Labute approximate surface area is 206 Å². The van der Waals surface area contributed by atoms with E-state index < -0.39 is 5.97 Å². The third kappa shape index (κ3) is 4.95. The fourth-order valence-corrected chi connectivity index (χ4v) is 3.89. The van der Waals surface area contributed by atoms with Crippen molar-refractivity contribution in [3.05, 3.63) is 101 Å². The van der Waals surface area contributed by atoms with Crippen LogP contribution in [0.25, 0.3) is 22.4 Å². The van der Waals surface area contributed by atoms with E-state index in [0.717, 1.165) is 11.1 Å². The van der Waals surface area contributed by atoms with Gasteiger partial charge in [-0.25, -0.2) is 9.78 Å². The number of rotatable bonds is 7. The highest BCUT2D eigenvalue weighted by Gasteiger charge is 2.14. The van der Waals surface area contributed by atoms with Gasteiger partial charge in [0.05, 0.1) is 21.8 Å². The summed E-state index contributed by atoms with van der Waals surface area (Å²) in [5.41, 5.74) is 4.24. The fourth-order valence-electron chi connectivity index (χ4n) is 3.63. The lowest BCUT2D eigenvalue weighted by molar-refractivity contribution is 0.0695. The van der Waals surface area contributed by atoms with Gasteiger partial charge in [-0.15, -0.1) is 0 Å². The van der Waals surface area contributed by atoms with Crippen molar-refractivity contribution in [2.24, 2.45) is 0 Å². The topological polar surface area (TPSA) is 97.3 Å². The van der Waals surface area contributed by atoms with Crippen LogP contribution in [0, 0.1) is 6.92 Å². The lowest BCUT2D eigenvalue weighted by Gasteiger charge is -2.09. The van der Waals surface area contributed by atoms with E-state index in [9.17, 15) is 9.90 Å². The first-order valence-electron chi connectivity index (χ1n) is 10.8. The highest BCUT2D eigenvalue weighted by atomic mass is 35.5. The summed E-state index contributed by atoms with van der Waals surface area (Å²) in [4.78, 5) is 23.5. The number of carboxylic acids is 1. The van der Waals surface area contributed by atoms with Crippen LogP contribution in [0.1, 0.15) is 21.5 Å². The first kappa shape index (κ1) is 22.4. The minimum absolute atomic E-state index is 0.163. The molecule has 0 saturated carbocycles. The van der Waals surface area contributed by atoms with Crippen LogP contribution in [0.15, 0.2) is 78.9 Å². The van der Waals surface area contributed by atoms with Crippen LogP contribution in [-0.2, 0) is 6.61 Å². The van der Waals surface area contributed by atoms with E-state index in [1.165, 1.54) is 6.07 Å². The van der Waals surface area contributed by atoms with Crippen LogP contribution in [0.5, 0.6) is 17.5 Å². The number of aromatic amines is 1. The van der Waals surface area contributed by atoms with Gasteiger partial charge in [-0.05, 0) is 48.4 Å². The number of nitrogens with one attached hydrogen (secondary N) is 1. The van der Waals surface area contributed by atoms with Crippen LogP contribution in [0.2, 0.25) is 5.02 Å². The Hall–Kier alpha value is -4.36. The Morgan fingerprint density at radius 2 is 1.80 bits per heavy atom. The summed E-state index contributed by atoms with van der Waals surface area (Å²) in [6.45, 7) is 2.18. The number of aromatic nitrogens is 3. The largest absolute Gasteiger partial charge is 0.489 e. The minimum Gasteiger partial charge on any atom is -0.489 e. The number of H-pyrrole nitrogens is 1. The van der Waals surface area contributed by atoms with Gasteiger partial charge in [-0.2, -0.15) is 4.98 Å². The quantitative estimate of drug-likeness (QED) is 0.267. The number of ether oxygens (including phenoxy) is 2. The van der Waals surface area contributed by atoms with Gasteiger partial charge in [-0.3, -0.25) is 0 Å². The summed E-state index contributed by atoms with van der Waals surface area (Å²) < 4.78 is 11.7. The molecule has 7 nitrogen and oxygen atoms in total. The molecule has 174 valence electrons. The summed E-state index contributed by atoms with van der Waals surface area (Å²) in [7, 11) is 0. The summed E-state index contributed by atoms with van der Waals surface area (Å²) in [5, 5.41) is 9.78. The summed E-state index contributed by atoms with van der Waals surface area (Å²) >= 11 is 6.55. The SMILES string of the molecule is Cc1ccc(Oc2nc3nc(-c4cccc(OCc5ccccc5)c4)c(Cl)cc3[nH]2)cc1C(=O)O. The van der Waals surface area contributed by atoms with Gasteiger partial charge in [0.15, 0.2) is 5.65 Å². The number of carboxylic acid groups (broad SMARTS) is 1. The summed E-state index contributed by atoms with van der Waals surface area (Å²) in [6.07, 6.45) is 0. The zero-order valence-electron chi connectivity index (χ0n) is 18.7. The van der Waals surface area contributed by atoms with Crippen molar-refractivity contribution < 1.29 is 19.4 Å². The fraction of sp³-hybridized carbons (Fsp3) is 0.0741. The molecule has 0 spiro atoms. The molecule has 0 aliphatic rings. The third-order valence-corrected chi connectivity index (χ3v) is 5.70. The number of pyridine rings is 1. The highest BCUT2D eigenvalue weighted by Crippen LogP contribution is 2.32. The van der Waals surface area contributed by atoms with Crippen LogP contribution < -0.4 is 9.47 Å². The Balaban J connectivity index is 1.40. The number of aromatic carboxylic acids is 1. The van der Waals surface area contributed by atoms with Gasteiger partial charge < -0.3 is 19.6 Å². The number of aryl methyl sites for hydroxylation is 1. The average Bonchev–Trinajstić information content (AvgIpc) is 3.25. The Morgan fingerprint density at radius 3 is 2.60 bits per heavy atom. The van der Waals surface area contributed by atoms with Crippen molar-refractivity contribution in [2.45, 2.75) is 13.5 Å². The molecule has 0 atom stereocenters. The maximum Gasteiger partial charge on any atom is 0.336 e. The summed E-state index contributed by atoms with van der Waals surface area (Å²) in [6, 6.07) is 24.2. The Kier molecular flexibility index (Phi) is 6.08. The number of benzene rings is 3. The van der Waals surface area contributed by atoms with Gasteiger partial charge in [0, 0.05) is 5.56 Å². The van der Waals surface area contributed by atoms with E-state index in [0.29, 0.717) is 45.5 Å². The molecular formula is C27H20ClN3O4. The maximum absolute atomic E-state index is 11.4. The van der Waals surface area contributed by atoms with Gasteiger partial charge in [-0.1, -0.05) is 60.1 Å². The molecule has 0 radical (unpaired) electrons. The molecule has 0 saturated heterocycles. The van der Waals surface area contributed by atoms with Crippen molar-refractivity contribution in [3.8, 4) is 28.8 Å². The lowest BCUT2D eigenvalue weighted by Crippen LogP contribution is -2.00. The number of halogens is 1. The van der Waals surface area contributed by atoms with Gasteiger partial charge in [0.1, 0.15) is 18.1 Å². The smallest absolute Gasteiger partial charge is 0.336 e. The molecule has 0 bridgehead atoms. The van der Waals surface area contributed by atoms with E-state index >= 15 is 0 Å². The van der Waals surface area contributed by atoms with Crippen LogP contribution in [-0.4, -0.2) is 26.0 Å². The van der Waals surface area contributed by atoms with Gasteiger partial charge in [0.25, 0.3) is 0 Å². The second kappa shape index (κ2) is 9.48. The second-order valence-corrected chi connectivity index (χ2v) is 8.33. The Morgan fingerprint density at radius 1 is 0.971 bits per heavy atom. The van der Waals surface area contributed by atoms with E-state index in [1.54, 1.807) is 25.1 Å². The molecule has 8 heteroatoms. The lowest BCUT2D eigenvalue weighted by atomic mass is 10.1. The zero-order valence-corrected chi connectivity index (χ0v) is 19.4.